The highest BCUT2D eigenvalue weighted by Crippen LogP contribution is 2.22. The molecule has 0 amide bonds. The van der Waals surface area contributed by atoms with E-state index in [0.29, 0.717) is 13.2 Å². The van der Waals surface area contributed by atoms with Gasteiger partial charge in [-0.2, -0.15) is 0 Å². The fourth-order valence-corrected chi connectivity index (χ4v) is 1.96. The van der Waals surface area contributed by atoms with Crippen LogP contribution >= 0.6 is 15.9 Å². The Bertz CT molecular complexity index is 361. The maximum atomic E-state index is 8.70. The number of ether oxygens (including phenoxy) is 2. The minimum atomic E-state index is 0.221. The second-order valence-electron chi connectivity index (χ2n) is 4.20. The molecule has 1 rings (SSSR count). The second-order valence-corrected chi connectivity index (χ2v) is 5.06. The SMILES string of the molecule is COCCNCc1cc(OCCCCO)ccc1Br. The molecule has 0 aliphatic rings. The average molecular weight is 332 g/mol. The van der Waals surface area contributed by atoms with E-state index in [-0.39, 0.29) is 6.61 Å². The molecular formula is C14H22BrNO3. The third-order valence-electron chi connectivity index (χ3n) is 2.64. The van der Waals surface area contributed by atoms with Crippen LogP contribution in [0.5, 0.6) is 5.75 Å². The fraction of sp³-hybridized carbons (Fsp3) is 0.571. The van der Waals surface area contributed by atoms with Crippen molar-refractivity contribution in [2.24, 2.45) is 0 Å². The van der Waals surface area contributed by atoms with Gasteiger partial charge in [-0.15, -0.1) is 0 Å². The minimum Gasteiger partial charge on any atom is -0.494 e. The normalized spacial score (nSPS) is 10.7. The summed E-state index contributed by atoms with van der Waals surface area (Å²) in [6, 6.07) is 5.97. The number of hydrogen-bond donors (Lipinski definition) is 2. The van der Waals surface area contributed by atoms with E-state index in [1.54, 1.807) is 7.11 Å². The molecule has 0 atom stereocenters. The number of unbranched alkanes of at least 4 members (excludes halogenated alkanes) is 1. The Balaban J connectivity index is 2.42. The molecule has 1 aromatic rings. The average Bonchev–Trinajstić information content (AvgIpc) is 2.42. The van der Waals surface area contributed by atoms with Gasteiger partial charge >= 0.3 is 0 Å². The van der Waals surface area contributed by atoms with E-state index in [4.69, 9.17) is 14.6 Å². The van der Waals surface area contributed by atoms with Crippen LogP contribution in [0.15, 0.2) is 22.7 Å². The maximum Gasteiger partial charge on any atom is 0.119 e. The van der Waals surface area contributed by atoms with Gasteiger partial charge in [-0.05, 0) is 36.6 Å². The zero-order valence-corrected chi connectivity index (χ0v) is 12.9. The monoisotopic (exact) mass is 331 g/mol. The van der Waals surface area contributed by atoms with Gasteiger partial charge in [-0.25, -0.2) is 0 Å². The van der Waals surface area contributed by atoms with Crippen molar-refractivity contribution in [3.8, 4) is 5.75 Å². The van der Waals surface area contributed by atoms with Crippen molar-refractivity contribution < 1.29 is 14.6 Å². The van der Waals surface area contributed by atoms with Crippen molar-refractivity contribution in [3.63, 3.8) is 0 Å². The van der Waals surface area contributed by atoms with Gasteiger partial charge < -0.3 is 19.9 Å². The number of benzene rings is 1. The summed E-state index contributed by atoms with van der Waals surface area (Å²) in [6.07, 6.45) is 1.65. The molecule has 0 aromatic heterocycles. The Morgan fingerprint density at radius 2 is 2.11 bits per heavy atom. The van der Waals surface area contributed by atoms with Crippen molar-refractivity contribution in [2.45, 2.75) is 19.4 Å². The van der Waals surface area contributed by atoms with Gasteiger partial charge in [0.05, 0.1) is 13.2 Å². The molecule has 0 spiro atoms. The Hall–Kier alpha value is -0.620. The van der Waals surface area contributed by atoms with E-state index in [2.05, 4.69) is 21.2 Å². The van der Waals surface area contributed by atoms with Crippen LogP contribution in [0.2, 0.25) is 0 Å². The van der Waals surface area contributed by atoms with Gasteiger partial charge in [0.25, 0.3) is 0 Å². The molecule has 108 valence electrons. The number of methoxy groups -OCH3 is 1. The molecule has 4 nitrogen and oxygen atoms in total. The van der Waals surface area contributed by atoms with Crippen molar-refractivity contribution in [1.82, 2.24) is 5.32 Å². The highest BCUT2D eigenvalue weighted by atomic mass is 79.9. The minimum absolute atomic E-state index is 0.221. The third-order valence-corrected chi connectivity index (χ3v) is 3.41. The quantitative estimate of drug-likeness (QED) is 0.646. The highest BCUT2D eigenvalue weighted by molar-refractivity contribution is 9.10. The molecule has 0 fully saturated rings. The molecule has 0 saturated carbocycles. The predicted molar refractivity (Wildman–Crippen MR) is 79.5 cm³/mol. The first-order chi connectivity index (χ1) is 9.27. The lowest BCUT2D eigenvalue weighted by atomic mass is 10.2. The summed E-state index contributed by atoms with van der Waals surface area (Å²) in [5, 5.41) is 12.0. The van der Waals surface area contributed by atoms with E-state index in [9.17, 15) is 0 Å². The standard InChI is InChI=1S/C14H22BrNO3/c1-18-9-6-16-11-12-10-13(4-5-14(12)15)19-8-3-2-7-17/h4-5,10,16-17H,2-3,6-9,11H2,1H3. The lowest BCUT2D eigenvalue weighted by Gasteiger charge is -2.10. The van der Waals surface area contributed by atoms with Gasteiger partial charge in [0.2, 0.25) is 0 Å². The summed E-state index contributed by atoms with van der Waals surface area (Å²) in [5.74, 6) is 0.865. The Morgan fingerprint density at radius 1 is 1.26 bits per heavy atom. The van der Waals surface area contributed by atoms with Gasteiger partial charge in [0, 0.05) is 31.3 Å². The molecule has 19 heavy (non-hydrogen) atoms. The third kappa shape index (κ3) is 6.92. The van der Waals surface area contributed by atoms with E-state index in [1.165, 1.54) is 0 Å². The molecule has 0 bridgehead atoms. The molecule has 5 heteroatoms. The maximum absolute atomic E-state index is 8.70. The van der Waals surface area contributed by atoms with Crippen LogP contribution in [0.25, 0.3) is 0 Å². The predicted octanol–water partition coefficient (Wildman–Crippen LogP) is 2.34. The van der Waals surface area contributed by atoms with Crippen molar-refractivity contribution in [2.75, 3.05) is 33.5 Å². The number of aliphatic hydroxyl groups is 1. The smallest absolute Gasteiger partial charge is 0.119 e. The molecule has 0 saturated heterocycles. The Kier molecular flexibility index (Phi) is 8.82. The first kappa shape index (κ1) is 16.4. The molecule has 0 aliphatic carbocycles. The summed E-state index contributed by atoms with van der Waals surface area (Å²) in [7, 11) is 1.69. The highest BCUT2D eigenvalue weighted by Gasteiger charge is 2.02. The van der Waals surface area contributed by atoms with Crippen LogP contribution in [-0.2, 0) is 11.3 Å². The molecule has 1 aromatic carbocycles. The molecular weight excluding hydrogens is 310 g/mol. The van der Waals surface area contributed by atoms with E-state index >= 15 is 0 Å². The number of hydrogen-bond acceptors (Lipinski definition) is 4. The first-order valence-corrected chi connectivity index (χ1v) is 7.29. The summed E-state index contributed by atoms with van der Waals surface area (Å²) in [4.78, 5) is 0. The number of rotatable bonds is 10. The summed E-state index contributed by atoms with van der Waals surface area (Å²) >= 11 is 3.53. The first-order valence-electron chi connectivity index (χ1n) is 6.49. The lowest BCUT2D eigenvalue weighted by Crippen LogP contribution is -2.18. The zero-order valence-electron chi connectivity index (χ0n) is 11.3. The topological polar surface area (TPSA) is 50.7 Å². The van der Waals surface area contributed by atoms with Crippen molar-refractivity contribution in [3.05, 3.63) is 28.2 Å². The lowest BCUT2D eigenvalue weighted by molar-refractivity contribution is 0.199. The van der Waals surface area contributed by atoms with E-state index < -0.39 is 0 Å². The molecule has 0 aliphatic heterocycles. The van der Waals surface area contributed by atoms with Crippen LogP contribution in [0, 0.1) is 0 Å². The number of halogens is 1. The molecule has 0 radical (unpaired) electrons. The second kappa shape index (κ2) is 10.2. The summed E-state index contributed by atoms with van der Waals surface area (Å²) < 4.78 is 11.7. The summed E-state index contributed by atoms with van der Waals surface area (Å²) in [6.45, 7) is 3.16. The molecule has 0 heterocycles. The van der Waals surface area contributed by atoms with Crippen molar-refractivity contribution in [1.29, 1.82) is 0 Å². The summed E-state index contributed by atoms with van der Waals surface area (Å²) in [5.41, 5.74) is 1.16. The van der Waals surface area contributed by atoms with Gasteiger partial charge in [-0.1, -0.05) is 15.9 Å². The van der Waals surface area contributed by atoms with Gasteiger partial charge in [0.1, 0.15) is 5.75 Å². The van der Waals surface area contributed by atoms with Crippen molar-refractivity contribution >= 4 is 15.9 Å². The van der Waals surface area contributed by atoms with E-state index in [0.717, 1.165) is 41.7 Å². The Morgan fingerprint density at radius 3 is 2.84 bits per heavy atom. The van der Waals surface area contributed by atoms with Crippen LogP contribution in [-0.4, -0.2) is 38.6 Å². The molecule has 0 unspecified atom stereocenters. The van der Waals surface area contributed by atoms with Crippen LogP contribution in [0.3, 0.4) is 0 Å². The van der Waals surface area contributed by atoms with Crippen LogP contribution in [0.1, 0.15) is 18.4 Å². The van der Waals surface area contributed by atoms with Crippen LogP contribution in [0.4, 0.5) is 0 Å². The van der Waals surface area contributed by atoms with Crippen LogP contribution < -0.4 is 10.1 Å². The van der Waals surface area contributed by atoms with E-state index in [1.807, 2.05) is 18.2 Å². The molecule has 2 N–H and O–H groups in total. The number of aliphatic hydroxyl groups excluding tert-OH is 1. The largest absolute Gasteiger partial charge is 0.494 e. The zero-order chi connectivity index (χ0) is 13.9. The number of nitrogens with one attached hydrogen (secondary N) is 1. The fourth-order valence-electron chi connectivity index (χ4n) is 1.58. The van der Waals surface area contributed by atoms with Gasteiger partial charge in [0.15, 0.2) is 0 Å². The Labute approximate surface area is 123 Å². The van der Waals surface area contributed by atoms with Gasteiger partial charge in [-0.3, -0.25) is 0 Å².